The minimum atomic E-state index is -0.749. The lowest BCUT2D eigenvalue weighted by Gasteiger charge is -2.19. The van der Waals surface area contributed by atoms with Gasteiger partial charge in [0.1, 0.15) is 0 Å². The SMILES string of the molecule is O=C(O)CSCCC1C[C@H]2C[C@H](O)[C@@H](C=CC(O)CCCCCO)[C@@H]2C1. The highest BCUT2D eigenvalue weighted by atomic mass is 32.2. The van der Waals surface area contributed by atoms with Crippen molar-refractivity contribution in [3.63, 3.8) is 0 Å². The molecule has 0 aromatic rings. The number of hydrogen-bond donors (Lipinski definition) is 4. The molecule has 2 unspecified atom stereocenters. The molecule has 2 fully saturated rings. The Kier molecular flexibility index (Phi) is 9.46. The van der Waals surface area contributed by atoms with Crippen LogP contribution in [0.25, 0.3) is 0 Å². The highest BCUT2D eigenvalue weighted by Gasteiger charge is 2.46. The van der Waals surface area contributed by atoms with Crippen molar-refractivity contribution in [2.75, 3.05) is 18.1 Å². The maximum absolute atomic E-state index is 10.6. The van der Waals surface area contributed by atoms with Crippen LogP contribution in [0, 0.1) is 23.7 Å². The standard InChI is InChI=1S/C20H34O5S/c21-8-3-1-2-4-16(22)5-6-17-18-11-14(7-9-26-13-20(24)25)10-15(18)12-19(17)23/h5-6,14-19,21-23H,1-4,7-13H2,(H,24,25)/t14?,15-,16?,17-,18+,19-/m0/s1. The highest BCUT2D eigenvalue weighted by molar-refractivity contribution is 7.99. The smallest absolute Gasteiger partial charge is 0.313 e. The van der Waals surface area contributed by atoms with E-state index in [9.17, 15) is 15.0 Å². The molecular weight excluding hydrogens is 352 g/mol. The third-order valence-corrected chi connectivity index (χ3v) is 6.91. The monoisotopic (exact) mass is 386 g/mol. The van der Waals surface area contributed by atoms with Crippen LogP contribution in [0.1, 0.15) is 51.4 Å². The highest BCUT2D eigenvalue weighted by Crippen LogP contribution is 2.51. The van der Waals surface area contributed by atoms with E-state index in [-0.39, 0.29) is 24.4 Å². The van der Waals surface area contributed by atoms with Crippen molar-refractivity contribution in [3.8, 4) is 0 Å². The van der Waals surface area contributed by atoms with Gasteiger partial charge >= 0.3 is 5.97 Å². The van der Waals surface area contributed by atoms with Crippen molar-refractivity contribution in [3.05, 3.63) is 12.2 Å². The number of carboxylic acid groups (broad SMARTS) is 1. The average Bonchev–Trinajstić information content (AvgIpc) is 3.10. The van der Waals surface area contributed by atoms with E-state index in [0.29, 0.717) is 24.2 Å². The molecule has 0 aromatic heterocycles. The molecule has 0 saturated heterocycles. The summed E-state index contributed by atoms with van der Waals surface area (Å²) in [4.78, 5) is 10.6. The number of carbonyl (C=O) groups is 1. The van der Waals surface area contributed by atoms with Gasteiger partial charge in [0.2, 0.25) is 0 Å². The number of aliphatic carboxylic acids is 1. The van der Waals surface area contributed by atoms with E-state index in [0.717, 1.165) is 50.7 Å². The molecule has 0 aromatic carbocycles. The average molecular weight is 387 g/mol. The Labute approximate surface area is 160 Å². The summed E-state index contributed by atoms with van der Waals surface area (Å²) < 4.78 is 0. The molecule has 2 aliphatic rings. The molecule has 0 amide bonds. The van der Waals surface area contributed by atoms with Crippen molar-refractivity contribution < 1.29 is 25.2 Å². The van der Waals surface area contributed by atoms with E-state index in [2.05, 4.69) is 0 Å². The number of aliphatic hydroxyl groups is 3. The second-order valence-corrected chi connectivity index (χ2v) is 9.01. The summed E-state index contributed by atoms with van der Waals surface area (Å²) in [5, 5.41) is 38.0. The molecule has 0 heterocycles. The molecule has 5 nitrogen and oxygen atoms in total. The van der Waals surface area contributed by atoms with Gasteiger partial charge in [-0.15, -0.1) is 0 Å². The first kappa shape index (κ1) is 21.7. The fourth-order valence-corrected chi connectivity index (χ4v) is 5.50. The fourth-order valence-electron chi connectivity index (χ4n) is 4.68. The van der Waals surface area contributed by atoms with Gasteiger partial charge in [0, 0.05) is 12.5 Å². The minimum absolute atomic E-state index is 0.142. The van der Waals surface area contributed by atoms with Crippen molar-refractivity contribution in [2.24, 2.45) is 23.7 Å². The maximum atomic E-state index is 10.6. The zero-order chi connectivity index (χ0) is 18.9. The lowest BCUT2D eigenvalue weighted by atomic mass is 9.89. The third kappa shape index (κ3) is 6.87. The number of carboxylic acids is 1. The van der Waals surface area contributed by atoms with Gasteiger partial charge in [-0.2, -0.15) is 11.8 Å². The van der Waals surface area contributed by atoms with Gasteiger partial charge in [0.15, 0.2) is 0 Å². The molecule has 150 valence electrons. The zero-order valence-electron chi connectivity index (χ0n) is 15.5. The van der Waals surface area contributed by atoms with E-state index in [1.165, 1.54) is 11.8 Å². The van der Waals surface area contributed by atoms with E-state index in [4.69, 9.17) is 10.2 Å². The Morgan fingerprint density at radius 1 is 1.19 bits per heavy atom. The fraction of sp³-hybridized carbons (Fsp3) is 0.850. The zero-order valence-corrected chi connectivity index (χ0v) is 16.3. The first-order chi connectivity index (χ1) is 12.5. The molecule has 2 rings (SSSR count). The van der Waals surface area contributed by atoms with E-state index in [1.807, 2.05) is 12.2 Å². The number of hydrogen-bond acceptors (Lipinski definition) is 5. The molecule has 4 N–H and O–H groups in total. The molecule has 6 heteroatoms. The van der Waals surface area contributed by atoms with Crippen LogP contribution in [0.15, 0.2) is 12.2 Å². The Morgan fingerprint density at radius 3 is 2.73 bits per heavy atom. The lowest BCUT2D eigenvalue weighted by Crippen LogP contribution is -2.18. The third-order valence-electron chi connectivity index (χ3n) is 5.94. The van der Waals surface area contributed by atoms with Crippen LogP contribution in [0.2, 0.25) is 0 Å². The van der Waals surface area contributed by atoms with Crippen molar-refractivity contribution >= 4 is 17.7 Å². The Balaban J connectivity index is 1.74. The quantitative estimate of drug-likeness (QED) is 0.304. The number of rotatable bonds is 12. The van der Waals surface area contributed by atoms with Crippen molar-refractivity contribution in [2.45, 2.75) is 63.6 Å². The maximum Gasteiger partial charge on any atom is 0.313 e. The predicted octanol–water partition coefficient (Wildman–Crippen LogP) is 2.69. The Morgan fingerprint density at radius 2 is 2.00 bits per heavy atom. The summed E-state index contributed by atoms with van der Waals surface area (Å²) in [7, 11) is 0. The molecular formula is C20H34O5S. The normalized spacial score (nSPS) is 32.2. The van der Waals surface area contributed by atoms with E-state index in [1.54, 1.807) is 0 Å². The molecule has 6 atom stereocenters. The van der Waals surface area contributed by atoms with Gasteiger partial charge in [-0.3, -0.25) is 4.79 Å². The summed E-state index contributed by atoms with van der Waals surface area (Å²) in [6.07, 6.45) is 10.6. The van der Waals surface area contributed by atoms with Gasteiger partial charge in [-0.05, 0) is 62.0 Å². The molecule has 0 bridgehead atoms. The number of unbranched alkanes of at least 4 members (excludes halogenated alkanes) is 2. The van der Waals surface area contributed by atoms with Gasteiger partial charge in [0.25, 0.3) is 0 Å². The van der Waals surface area contributed by atoms with Crippen molar-refractivity contribution in [1.82, 2.24) is 0 Å². The van der Waals surface area contributed by atoms with Crippen LogP contribution < -0.4 is 0 Å². The van der Waals surface area contributed by atoms with Crippen molar-refractivity contribution in [1.29, 1.82) is 0 Å². The van der Waals surface area contributed by atoms with Crippen LogP contribution >= 0.6 is 11.8 Å². The molecule has 0 spiro atoms. The molecule has 26 heavy (non-hydrogen) atoms. The summed E-state index contributed by atoms with van der Waals surface area (Å²) in [6.45, 7) is 0.208. The lowest BCUT2D eigenvalue weighted by molar-refractivity contribution is -0.133. The first-order valence-corrected chi connectivity index (χ1v) is 11.1. The second kappa shape index (κ2) is 11.3. The van der Waals surface area contributed by atoms with Crippen LogP contribution in [0.4, 0.5) is 0 Å². The van der Waals surface area contributed by atoms with E-state index >= 15 is 0 Å². The molecule has 2 saturated carbocycles. The Hall–Kier alpha value is -0.560. The van der Waals surface area contributed by atoms with E-state index < -0.39 is 12.1 Å². The topological polar surface area (TPSA) is 98.0 Å². The molecule has 2 aliphatic carbocycles. The Bertz CT molecular complexity index is 455. The van der Waals surface area contributed by atoms with Crippen LogP contribution in [0.5, 0.6) is 0 Å². The van der Waals surface area contributed by atoms with Gasteiger partial charge in [-0.1, -0.05) is 25.0 Å². The molecule has 0 radical (unpaired) electrons. The second-order valence-electron chi connectivity index (χ2n) is 7.90. The van der Waals surface area contributed by atoms with Crippen LogP contribution in [-0.4, -0.2) is 56.7 Å². The van der Waals surface area contributed by atoms with Crippen LogP contribution in [0.3, 0.4) is 0 Å². The summed E-state index contributed by atoms with van der Waals surface area (Å²) >= 11 is 1.49. The largest absolute Gasteiger partial charge is 0.481 e. The minimum Gasteiger partial charge on any atom is -0.481 e. The summed E-state index contributed by atoms with van der Waals surface area (Å²) in [6, 6.07) is 0. The van der Waals surface area contributed by atoms with Crippen LogP contribution in [-0.2, 0) is 4.79 Å². The number of aliphatic hydroxyl groups excluding tert-OH is 3. The number of thioether (sulfide) groups is 1. The van der Waals surface area contributed by atoms with Gasteiger partial charge < -0.3 is 20.4 Å². The predicted molar refractivity (Wildman–Crippen MR) is 104 cm³/mol. The molecule has 0 aliphatic heterocycles. The summed E-state index contributed by atoms with van der Waals surface area (Å²) in [5.74, 6) is 2.17. The van der Waals surface area contributed by atoms with Gasteiger partial charge in [-0.25, -0.2) is 0 Å². The van der Waals surface area contributed by atoms with Gasteiger partial charge in [0.05, 0.1) is 18.0 Å². The first-order valence-electron chi connectivity index (χ1n) is 9.96. The summed E-state index contributed by atoms with van der Waals surface area (Å²) in [5.41, 5.74) is 0. The number of fused-ring (bicyclic) bond motifs is 1.